The molecule has 0 bridgehead atoms. The molecule has 2 heterocycles. The van der Waals surface area contributed by atoms with Crippen molar-refractivity contribution in [1.29, 1.82) is 0 Å². The van der Waals surface area contributed by atoms with Crippen LogP contribution in [0.2, 0.25) is 0 Å². The van der Waals surface area contributed by atoms with Crippen molar-refractivity contribution >= 4 is 43.9 Å². The van der Waals surface area contributed by atoms with Gasteiger partial charge in [-0.05, 0) is 90.7 Å². The van der Waals surface area contributed by atoms with E-state index in [1.54, 1.807) is 0 Å². The summed E-state index contributed by atoms with van der Waals surface area (Å²) in [6.07, 6.45) is 0. The molecule has 0 amide bonds. The van der Waals surface area contributed by atoms with Gasteiger partial charge in [0.2, 0.25) is 0 Å². The number of benzene rings is 5. The Kier molecular flexibility index (Phi) is 4.01. The van der Waals surface area contributed by atoms with E-state index in [1.807, 2.05) is 0 Å². The van der Waals surface area contributed by atoms with Gasteiger partial charge in [-0.1, -0.05) is 53.6 Å². The van der Waals surface area contributed by atoms with Gasteiger partial charge in [-0.3, -0.25) is 0 Å². The Balaban J connectivity index is 1.36. The SMILES string of the molecule is Cc1ccc2oc3ccc(-c4cccc(-c5ccc6oc7ccc(C)cc7c6c5)c4)cc3c2c1. The third-order valence-corrected chi connectivity index (χ3v) is 6.78. The first kappa shape index (κ1) is 19.2. The van der Waals surface area contributed by atoms with E-state index in [0.717, 1.165) is 33.1 Å². The van der Waals surface area contributed by atoms with Gasteiger partial charge < -0.3 is 8.83 Å². The van der Waals surface area contributed by atoms with Crippen LogP contribution in [0.25, 0.3) is 66.1 Å². The zero-order chi connectivity index (χ0) is 22.8. The van der Waals surface area contributed by atoms with Gasteiger partial charge in [-0.25, -0.2) is 0 Å². The standard InChI is InChI=1S/C32H22O2/c1-19-6-10-29-25(14-19)27-17-23(8-12-31(27)33-29)21-4-3-5-22(16-21)24-9-13-32-28(18-24)26-15-20(2)7-11-30(26)34-32/h3-18H,1-2H3. The van der Waals surface area contributed by atoms with Gasteiger partial charge in [-0.2, -0.15) is 0 Å². The van der Waals surface area contributed by atoms with Crippen molar-refractivity contribution in [2.24, 2.45) is 0 Å². The van der Waals surface area contributed by atoms with Crippen LogP contribution in [0, 0.1) is 13.8 Å². The van der Waals surface area contributed by atoms with Crippen LogP contribution in [-0.4, -0.2) is 0 Å². The van der Waals surface area contributed by atoms with E-state index in [1.165, 1.54) is 44.2 Å². The summed E-state index contributed by atoms with van der Waals surface area (Å²) < 4.78 is 12.1. The molecule has 2 heteroatoms. The number of fused-ring (bicyclic) bond motifs is 6. The minimum atomic E-state index is 0.924. The van der Waals surface area contributed by atoms with E-state index >= 15 is 0 Å². The highest BCUT2D eigenvalue weighted by Crippen LogP contribution is 2.36. The zero-order valence-electron chi connectivity index (χ0n) is 19.1. The Bertz CT molecular complexity index is 1750. The highest BCUT2D eigenvalue weighted by molar-refractivity contribution is 6.07. The maximum absolute atomic E-state index is 6.06. The summed E-state index contributed by atoms with van der Waals surface area (Å²) in [5.74, 6) is 0. The Labute approximate surface area is 197 Å². The molecule has 7 aromatic rings. The molecule has 2 aromatic heterocycles. The third kappa shape index (κ3) is 2.96. The Hall–Kier alpha value is -4.30. The second kappa shape index (κ2) is 7.10. The second-order valence-electron chi connectivity index (χ2n) is 9.21. The molecule has 0 atom stereocenters. The summed E-state index contributed by atoms with van der Waals surface area (Å²) in [5.41, 5.74) is 10.9. The lowest BCUT2D eigenvalue weighted by Crippen LogP contribution is -1.82. The van der Waals surface area contributed by atoms with Crippen molar-refractivity contribution < 1.29 is 8.83 Å². The molecule has 0 aliphatic rings. The highest BCUT2D eigenvalue weighted by atomic mass is 16.3. The normalized spacial score (nSPS) is 11.8. The molecule has 0 N–H and O–H groups in total. The van der Waals surface area contributed by atoms with Crippen LogP contribution >= 0.6 is 0 Å². The Morgan fingerprint density at radius 1 is 0.382 bits per heavy atom. The molecule has 162 valence electrons. The molecule has 5 aromatic carbocycles. The topological polar surface area (TPSA) is 26.3 Å². The molecule has 0 aliphatic carbocycles. The predicted molar refractivity (Wildman–Crippen MR) is 141 cm³/mol. The number of aryl methyl sites for hydroxylation is 2. The van der Waals surface area contributed by atoms with Crippen molar-refractivity contribution in [3.63, 3.8) is 0 Å². The molecular weight excluding hydrogens is 416 g/mol. The van der Waals surface area contributed by atoms with Crippen molar-refractivity contribution in [2.45, 2.75) is 13.8 Å². The summed E-state index contributed by atoms with van der Waals surface area (Å²) in [5, 5.41) is 4.65. The molecule has 0 saturated heterocycles. The molecule has 0 aliphatic heterocycles. The van der Waals surface area contributed by atoms with Gasteiger partial charge in [0.05, 0.1) is 0 Å². The summed E-state index contributed by atoms with van der Waals surface area (Å²) in [7, 11) is 0. The van der Waals surface area contributed by atoms with E-state index in [4.69, 9.17) is 8.83 Å². The lowest BCUT2D eigenvalue weighted by molar-refractivity contribution is 0.668. The van der Waals surface area contributed by atoms with Crippen molar-refractivity contribution in [2.75, 3.05) is 0 Å². The van der Waals surface area contributed by atoms with Crippen LogP contribution in [-0.2, 0) is 0 Å². The maximum Gasteiger partial charge on any atom is 0.135 e. The van der Waals surface area contributed by atoms with E-state index in [-0.39, 0.29) is 0 Å². The Morgan fingerprint density at radius 3 is 1.24 bits per heavy atom. The van der Waals surface area contributed by atoms with Crippen LogP contribution < -0.4 is 0 Å². The monoisotopic (exact) mass is 438 g/mol. The summed E-state index contributed by atoms with van der Waals surface area (Å²) in [4.78, 5) is 0. The molecule has 34 heavy (non-hydrogen) atoms. The van der Waals surface area contributed by atoms with E-state index in [0.29, 0.717) is 0 Å². The van der Waals surface area contributed by atoms with E-state index in [9.17, 15) is 0 Å². The molecule has 0 spiro atoms. The summed E-state index contributed by atoms with van der Waals surface area (Å²) in [6.45, 7) is 4.24. The smallest absolute Gasteiger partial charge is 0.135 e. The van der Waals surface area contributed by atoms with E-state index in [2.05, 4.69) is 111 Å². The van der Waals surface area contributed by atoms with Crippen molar-refractivity contribution in [1.82, 2.24) is 0 Å². The number of hydrogen-bond donors (Lipinski definition) is 0. The molecule has 0 unspecified atom stereocenters. The number of hydrogen-bond acceptors (Lipinski definition) is 2. The lowest BCUT2D eigenvalue weighted by Gasteiger charge is -2.07. The van der Waals surface area contributed by atoms with Gasteiger partial charge in [0.25, 0.3) is 0 Å². The Morgan fingerprint density at radius 2 is 0.765 bits per heavy atom. The van der Waals surface area contributed by atoms with Crippen LogP contribution in [0.15, 0.2) is 106 Å². The van der Waals surface area contributed by atoms with E-state index < -0.39 is 0 Å². The molecule has 2 nitrogen and oxygen atoms in total. The number of furan rings is 2. The van der Waals surface area contributed by atoms with Crippen molar-refractivity contribution in [3.8, 4) is 22.3 Å². The number of rotatable bonds is 2. The second-order valence-corrected chi connectivity index (χ2v) is 9.21. The largest absolute Gasteiger partial charge is 0.456 e. The first-order valence-corrected chi connectivity index (χ1v) is 11.6. The summed E-state index contributed by atoms with van der Waals surface area (Å²) >= 11 is 0. The average Bonchev–Trinajstić information content (AvgIpc) is 3.41. The molecular formula is C32H22O2. The van der Waals surface area contributed by atoms with Gasteiger partial charge in [0.15, 0.2) is 0 Å². The first-order chi connectivity index (χ1) is 16.6. The van der Waals surface area contributed by atoms with Gasteiger partial charge >= 0.3 is 0 Å². The fourth-order valence-corrected chi connectivity index (χ4v) is 5.02. The minimum absolute atomic E-state index is 0.924. The van der Waals surface area contributed by atoms with Crippen LogP contribution in [0.5, 0.6) is 0 Å². The van der Waals surface area contributed by atoms with Gasteiger partial charge in [0, 0.05) is 21.5 Å². The summed E-state index contributed by atoms with van der Waals surface area (Å²) in [6, 6.07) is 34.4. The molecule has 7 rings (SSSR count). The predicted octanol–water partition coefficient (Wildman–Crippen LogP) is 9.44. The fraction of sp³-hybridized carbons (Fsp3) is 0.0625. The van der Waals surface area contributed by atoms with Crippen molar-refractivity contribution in [3.05, 3.63) is 108 Å². The first-order valence-electron chi connectivity index (χ1n) is 11.6. The average molecular weight is 439 g/mol. The third-order valence-electron chi connectivity index (χ3n) is 6.78. The van der Waals surface area contributed by atoms with Gasteiger partial charge in [-0.15, -0.1) is 0 Å². The zero-order valence-corrected chi connectivity index (χ0v) is 19.1. The minimum Gasteiger partial charge on any atom is -0.456 e. The van der Waals surface area contributed by atoms with Crippen LogP contribution in [0.3, 0.4) is 0 Å². The quantitative estimate of drug-likeness (QED) is 0.269. The van der Waals surface area contributed by atoms with Gasteiger partial charge in [0.1, 0.15) is 22.3 Å². The van der Waals surface area contributed by atoms with Crippen LogP contribution in [0.1, 0.15) is 11.1 Å². The molecule has 0 radical (unpaired) electrons. The maximum atomic E-state index is 6.06. The fourth-order valence-electron chi connectivity index (χ4n) is 5.02. The molecule has 0 saturated carbocycles. The molecule has 0 fully saturated rings. The lowest BCUT2D eigenvalue weighted by atomic mass is 9.97. The van der Waals surface area contributed by atoms with Crippen LogP contribution in [0.4, 0.5) is 0 Å². The highest BCUT2D eigenvalue weighted by Gasteiger charge is 2.11.